The number of hydrogen-bond acceptors (Lipinski definition) is 9. The molecule has 1 atom stereocenters. The van der Waals surface area contributed by atoms with Crippen molar-refractivity contribution >= 4 is 58.7 Å². The van der Waals surface area contributed by atoms with Gasteiger partial charge >= 0.3 is 17.9 Å². The Hall–Kier alpha value is -2.84. The summed E-state index contributed by atoms with van der Waals surface area (Å²) >= 11 is 0. The fourth-order valence-corrected chi connectivity index (χ4v) is 1.32. The number of ketones is 3. The molecule has 1 unspecified atom stereocenters. The van der Waals surface area contributed by atoms with Crippen LogP contribution in [0.5, 0.6) is 0 Å². The standard InChI is InChI=1S/C9H14O3.C7H10O3.C5H8O.C4H6O2.CH4.H3P.H2S.H2/c1-3-12-9(11)7-5-4-6-8(2)10;1-6(8)4-3-5-7(9)10-2;1-3-4-5(2)6;1-3-4(5)6-2;;;;/h4-5H,3,6-7H2,1-2H3;3,5H,4H2,1-2H3;3H,1,4H2,2H3;3H,1H2,2H3;1H4;1H3;1H2;1H/i;;;;;;;1+1. The quantitative estimate of drug-likeness (QED) is 0.114. The second-order valence-corrected chi connectivity index (χ2v) is 6.14. The number of allylic oxidation sites excluding steroid dienone is 3. The van der Waals surface area contributed by atoms with Crippen molar-refractivity contribution < 1.29 is 44.4 Å². The summed E-state index contributed by atoms with van der Waals surface area (Å²) in [6, 6.07) is 0. The van der Waals surface area contributed by atoms with E-state index < -0.39 is 11.9 Å². The Balaban J connectivity index is -0.0000000529. The minimum Gasteiger partial charge on any atom is -0.466 e. The van der Waals surface area contributed by atoms with Crippen LogP contribution in [0.25, 0.3) is 0 Å². The lowest BCUT2D eigenvalue weighted by atomic mass is 10.3. The van der Waals surface area contributed by atoms with Crippen LogP contribution in [0.3, 0.4) is 0 Å². The molecule has 0 aliphatic heterocycles. The third-order valence-corrected chi connectivity index (χ3v) is 2.82. The van der Waals surface area contributed by atoms with Crippen molar-refractivity contribution in [3.05, 3.63) is 49.6 Å². The van der Waals surface area contributed by atoms with E-state index in [1.54, 1.807) is 32.1 Å². The number of hydrogen-bond donors (Lipinski definition) is 0. The van der Waals surface area contributed by atoms with Crippen LogP contribution in [0.1, 0.15) is 62.2 Å². The van der Waals surface area contributed by atoms with E-state index in [-0.39, 0.29) is 68.4 Å². The predicted molar refractivity (Wildman–Crippen MR) is 160 cm³/mol. The van der Waals surface area contributed by atoms with Crippen LogP contribution in [0, 0.1) is 0 Å². The van der Waals surface area contributed by atoms with E-state index in [4.69, 9.17) is 0 Å². The third kappa shape index (κ3) is 65.6. The second-order valence-electron chi connectivity index (χ2n) is 6.14. The van der Waals surface area contributed by atoms with Crippen molar-refractivity contribution in [1.82, 2.24) is 0 Å². The smallest absolute Gasteiger partial charge is 0.330 e. The van der Waals surface area contributed by atoms with Gasteiger partial charge in [-0.2, -0.15) is 23.4 Å². The summed E-state index contributed by atoms with van der Waals surface area (Å²) in [5.41, 5.74) is 0. The molecule has 0 bridgehead atoms. The Kier molecular flexibility index (Phi) is 55.5. The molecule has 11 heteroatoms. The average Bonchev–Trinajstić information content (AvgIpc) is 2.77. The van der Waals surface area contributed by atoms with E-state index >= 15 is 0 Å². The minimum atomic E-state index is -0.429. The Morgan fingerprint density at radius 2 is 1.14 bits per heavy atom. The highest BCUT2D eigenvalue weighted by molar-refractivity contribution is 7.59. The molecule has 0 aromatic heterocycles. The fourth-order valence-electron chi connectivity index (χ4n) is 1.32. The van der Waals surface area contributed by atoms with Crippen molar-refractivity contribution in [3.63, 3.8) is 0 Å². The summed E-state index contributed by atoms with van der Waals surface area (Å²) in [5.74, 6) is -0.784. The zero-order valence-electron chi connectivity index (χ0n) is 22.3. The Morgan fingerprint density at radius 1 is 0.730 bits per heavy atom. The molecule has 9 nitrogen and oxygen atoms in total. The van der Waals surface area contributed by atoms with Gasteiger partial charge in [-0.15, -0.1) is 6.58 Å². The molecule has 0 fully saturated rings. The molecule has 0 N–H and O–H groups in total. The molecule has 0 aromatic carbocycles. The number of Topliss-reactive ketones (excluding diaryl/α,β-unsaturated/α-hetero) is 3. The summed E-state index contributed by atoms with van der Waals surface area (Å²) in [6.07, 6.45) is 10.2. The average molecular weight is 570 g/mol. The predicted octanol–water partition coefficient (Wildman–Crippen LogP) is 4.72. The molecule has 218 valence electrons. The normalized spacial score (nSPS) is 8.27. The Morgan fingerprint density at radius 3 is 1.41 bits per heavy atom. The first-order valence-electron chi connectivity index (χ1n) is 10.3. The molecule has 0 spiro atoms. The maximum Gasteiger partial charge on any atom is 0.330 e. The highest BCUT2D eigenvalue weighted by Gasteiger charge is 1.96. The molecule has 0 saturated heterocycles. The zero-order valence-corrected chi connectivity index (χ0v) is 24.7. The van der Waals surface area contributed by atoms with Gasteiger partial charge in [0.15, 0.2) is 0 Å². The number of methoxy groups -OCH3 is 2. The molecular weight excluding hydrogens is 519 g/mol. The third-order valence-electron chi connectivity index (χ3n) is 2.82. The molecule has 0 amide bonds. The van der Waals surface area contributed by atoms with Gasteiger partial charge in [0, 0.05) is 32.8 Å². The van der Waals surface area contributed by atoms with E-state index in [9.17, 15) is 28.8 Å². The summed E-state index contributed by atoms with van der Waals surface area (Å²) in [6.45, 7) is 13.2. The maximum atomic E-state index is 10.7. The van der Waals surface area contributed by atoms with Gasteiger partial charge in [-0.1, -0.05) is 38.3 Å². The Bertz CT molecular complexity index is 722. The van der Waals surface area contributed by atoms with Gasteiger partial charge in [0.05, 0.1) is 27.2 Å². The van der Waals surface area contributed by atoms with E-state index in [0.29, 0.717) is 19.4 Å². The summed E-state index contributed by atoms with van der Waals surface area (Å²) in [4.78, 5) is 61.7. The number of esters is 3. The molecule has 0 radical (unpaired) electrons. The first kappa shape index (κ1) is 50.9. The zero-order chi connectivity index (χ0) is 27.4. The molecule has 0 aliphatic rings. The van der Waals surface area contributed by atoms with Crippen LogP contribution in [-0.2, 0) is 43.0 Å². The van der Waals surface area contributed by atoms with Crippen molar-refractivity contribution in [3.8, 4) is 0 Å². The maximum absolute atomic E-state index is 10.7. The van der Waals surface area contributed by atoms with Gasteiger partial charge in [-0.05, 0) is 27.7 Å². The van der Waals surface area contributed by atoms with Crippen molar-refractivity contribution in [2.45, 2.75) is 60.8 Å². The van der Waals surface area contributed by atoms with Crippen molar-refractivity contribution in [1.29, 1.82) is 0 Å². The van der Waals surface area contributed by atoms with Gasteiger partial charge in [0.1, 0.15) is 17.3 Å². The number of carbonyl (C=O) groups is 6. The number of carbonyl (C=O) groups excluding carboxylic acids is 6. The van der Waals surface area contributed by atoms with Gasteiger partial charge in [-0.3, -0.25) is 19.2 Å². The minimum absolute atomic E-state index is 0. The molecule has 0 aliphatic carbocycles. The van der Waals surface area contributed by atoms with Gasteiger partial charge in [0.2, 0.25) is 0 Å². The molecule has 0 heterocycles. The lowest BCUT2D eigenvalue weighted by Gasteiger charge is -1.95. The highest BCUT2D eigenvalue weighted by atomic mass is 32.1. The van der Waals surface area contributed by atoms with Crippen LogP contribution in [0.2, 0.25) is 0 Å². The Labute approximate surface area is 234 Å². The van der Waals surface area contributed by atoms with E-state index in [1.165, 1.54) is 40.2 Å². The van der Waals surface area contributed by atoms with Crippen LogP contribution >= 0.6 is 23.4 Å². The van der Waals surface area contributed by atoms with Crippen LogP contribution in [-0.4, -0.2) is 56.1 Å². The monoisotopic (exact) mass is 569 g/mol. The lowest BCUT2D eigenvalue weighted by molar-refractivity contribution is -0.142. The molecule has 0 aromatic rings. The van der Waals surface area contributed by atoms with Gasteiger partial charge < -0.3 is 14.2 Å². The number of rotatable bonds is 11. The van der Waals surface area contributed by atoms with Crippen molar-refractivity contribution in [2.75, 3.05) is 20.8 Å². The van der Waals surface area contributed by atoms with Crippen molar-refractivity contribution in [2.24, 2.45) is 0 Å². The molecular formula is C26H49O9PS. The SMILES string of the molecule is C.C=CC(=O)OC.C=CCC(C)=O.CCOC(=O)CC=CCC(C)=O.COC(=O)C=CCC(C)=O.P.S.[2HH]. The largest absolute Gasteiger partial charge is 0.466 e. The molecule has 0 rings (SSSR count). The van der Waals surface area contributed by atoms with Crippen LogP contribution < -0.4 is 0 Å². The summed E-state index contributed by atoms with van der Waals surface area (Å²) in [5, 5.41) is 0. The lowest BCUT2D eigenvalue weighted by Crippen LogP contribution is -2.01. The van der Waals surface area contributed by atoms with Crippen LogP contribution in [0.15, 0.2) is 49.6 Å². The first-order valence-corrected chi connectivity index (χ1v) is 10.3. The van der Waals surface area contributed by atoms with Gasteiger partial charge in [0.25, 0.3) is 0 Å². The number of ether oxygens (including phenoxy) is 3. The van der Waals surface area contributed by atoms with E-state index in [0.717, 1.165) is 6.08 Å². The first-order chi connectivity index (χ1) is 15.9. The molecule has 0 saturated carbocycles. The highest BCUT2D eigenvalue weighted by Crippen LogP contribution is 1.91. The topological polar surface area (TPSA) is 130 Å². The van der Waals surface area contributed by atoms with E-state index in [2.05, 4.69) is 27.4 Å². The van der Waals surface area contributed by atoms with Crippen LogP contribution in [0.4, 0.5) is 0 Å². The summed E-state index contributed by atoms with van der Waals surface area (Å²) < 4.78 is 13.1. The molecule has 37 heavy (non-hydrogen) atoms. The van der Waals surface area contributed by atoms with Gasteiger partial charge in [-0.25, -0.2) is 9.59 Å². The second kappa shape index (κ2) is 40.3. The fraction of sp³-hybridized carbons (Fsp3) is 0.462. The van der Waals surface area contributed by atoms with E-state index in [1.807, 2.05) is 0 Å². The summed E-state index contributed by atoms with van der Waals surface area (Å²) in [7, 11) is 2.60.